The fourth-order valence-electron chi connectivity index (χ4n) is 1.05. The number of nitro groups is 1. The number of phenolic OH excluding ortho intramolecular Hbond substituents is 1. The average molecular weight is 234 g/mol. The van der Waals surface area contributed by atoms with Gasteiger partial charge in [0, 0.05) is 6.07 Å². The number of carbonyl (C=O) groups is 1. The molecule has 0 atom stereocenters. The van der Waals surface area contributed by atoms with Crippen molar-refractivity contribution < 1.29 is 19.2 Å². The summed E-state index contributed by atoms with van der Waals surface area (Å²) in [6.45, 7) is 0. The van der Waals surface area contributed by atoms with Crippen molar-refractivity contribution in [1.82, 2.24) is 0 Å². The van der Waals surface area contributed by atoms with Crippen LogP contribution in [0.3, 0.4) is 0 Å². The predicted molar refractivity (Wildman–Crippen MR) is 49.8 cm³/mol. The Hall–Kier alpha value is -1.69. The summed E-state index contributed by atoms with van der Waals surface area (Å²) in [6.07, 6.45) is 0. The zero-order chi connectivity index (χ0) is 11.6. The van der Waals surface area contributed by atoms with E-state index >= 15 is 0 Å². The molecule has 0 aliphatic carbocycles. The molecule has 0 aliphatic heterocycles. The van der Waals surface area contributed by atoms with Crippen LogP contribution in [0.2, 0.25) is 0 Å². The minimum Gasteiger partial charge on any atom is -0.508 e. The summed E-state index contributed by atoms with van der Waals surface area (Å²) in [5.74, 6) is -3.18. The molecule has 0 bridgehead atoms. The summed E-state index contributed by atoms with van der Waals surface area (Å²) in [5.41, 5.74) is -1.51. The summed E-state index contributed by atoms with van der Waals surface area (Å²) in [4.78, 5) is 20.6. The highest BCUT2D eigenvalue weighted by molar-refractivity contribution is 6.31. The third kappa shape index (κ3) is 2.21. The van der Waals surface area contributed by atoms with Gasteiger partial charge in [-0.1, -0.05) is 0 Å². The number of hydrogen-bond donors (Lipinski definition) is 1. The van der Waals surface area contributed by atoms with Crippen molar-refractivity contribution in [2.45, 2.75) is 0 Å². The Labute approximate surface area is 88.2 Å². The minimum atomic E-state index is -1.27. The van der Waals surface area contributed by atoms with Gasteiger partial charge in [0.2, 0.25) is 5.82 Å². The van der Waals surface area contributed by atoms with Gasteiger partial charge in [-0.15, -0.1) is 11.6 Å². The van der Waals surface area contributed by atoms with Crippen molar-refractivity contribution in [3.8, 4) is 5.75 Å². The van der Waals surface area contributed by atoms with Gasteiger partial charge in [0.05, 0.1) is 10.8 Å². The molecule has 0 unspecified atom stereocenters. The van der Waals surface area contributed by atoms with Gasteiger partial charge in [0.1, 0.15) is 11.3 Å². The number of rotatable bonds is 3. The number of aromatic hydroxyl groups is 1. The molecule has 5 nitrogen and oxygen atoms in total. The number of halogens is 2. The second kappa shape index (κ2) is 4.22. The Morgan fingerprint density at radius 3 is 2.67 bits per heavy atom. The van der Waals surface area contributed by atoms with Gasteiger partial charge in [-0.05, 0) is 6.07 Å². The number of phenols is 1. The zero-order valence-corrected chi connectivity index (χ0v) is 7.99. The number of alkyl halides is 1. The van der Waals surface area contributed by atoms with Crippen LogP contribution < -0.4 is 0 Å². The first-order chi connectivity index (χ1) is 6.97. The van der Waals surface area contributed by atoms with Gasteiger partial charge in [0.25, 0.3) is 0 Å². The molecule has 0 saturated carbocycles. The van der Waals surface area contributed by atoms with E-state index in [0.29, 0.717) is 6.07 Å². The lowest BCUT2D eigenvalue weighted by atomic mass is 10.1. The first-order valence-corrected chi connectivity index (χ1v) is 4.27. The summed E-state index contributed by atoms with van der Waals surface area (Å²) in [5, 5.41) is 19.4. The van der Waals surface area contributed by atoms with Gasteiger partial charge >= 0.3 is 5.69 Å². The van der Waals surface area contributed by atoms with Crippen LogP contribution in [0.25, 0.3) is 0 Å². The number of hydrogen-bond acceptors (Lipinski definition) is 4. The first kappa shape index (κ1) is 11.4. The molecular formula is C8H5ClFNO4. The molecular weight excluding hydrogens is 229 g/mol. The SMILES string of the molecule is O=C(CCl)c1cc(O)cc(F)c1[N+](=O)[O-]. The molecule has 0 radical (unpaired) electrons. The van der Waals surface area contributed by atoms with Crippen molar-refractivity contribution in [3.05, 3.63) is 33.6 Å². The van der Waals surface area contributed by atoms with Crippen molar-refractivity contribution in [2.75, 3.05) is 5.88 Å². The Morgan fingerprint density at radius 2 is 2.20 bits per heavy atom. The molecule has 0 heterocycles. The van der Waals surface area contributed by atoms with Crippen LogP contribution >= 0.6 is 11.6 Å². The lowest BCUT2D eigenvalue weighted by Gasteiger charge is -2.01. The fraction of sp³-hybridized carbons (Fsp3) is 0.125. The zero-order valence-electron chi connectivity index (χ0n) is 7.24. The summed E-state index contributed by atoms with van der Waals surface area (Å²) >= 11 is 5.19. The highest BCUT2D eigenvalue weighted by Crippen LogP contribution is 2.27. The molecule has 0 spiro atoms. The molecule has 0 fully saturated rings. The molecule has 1 rings (SSSR count). The topological polar surface area (TPSA) is 80.4 Å². The van der Waals surface area contributed by atoms with Crippen LogP contribution in [0, 0.1) is 15.9 Å². The first-order valence-electron chi connectivity index (χ1n) is 3.73. The van der Waals surface area contributed by atoms with Crippen molar-refractivity contribution in [1.29, 1.82) is 0 Å². The lowest BCUT2D eigenvalue weighted by Crippen LogP contribution is -2.06. The molecule has 1 N–H and O–H groups in total. The number of nitrogens with zero attached hydrogens (tertiary/aromatic N) is 1. The molecule has 1 aromatic rings. The molecule has 15 heavy (non-hydrogen) atoms. The van der Waals surface area contributed by atoms with Crippen LogP contribution in [0.15, 0.2) is 12.1 Å². The van der Waals surface area contributed by atoms with E-state index in [4.69, 9.17) is 16.7 Å². The fourth-order valence-corrected chi connectivity index (χ4v) is 1.20. The largest absolute Gasteiger partial charge is 0.508 e. The Morgan fingerprint density at radius 1 is 1.60 bits per heavy atom. The highest BCUT2D eigenvalue weighted by atomic mass is 35.5. The maximum Gasteiger partial charge on any atom is 0.315 e. The summed E-state index contributed by atoms with van der Waals surface area (Å²) in [7, 11) is 0. The van der Waals surface area contributed by atoms with Gasteiger partial charge in [0.15, 0.2) is 5.78 Å². The number of benzene rings is 1. The molecule has 0 saturated heterocycles. The van der Waals surface area contributed by atoms with E-state index in [9.17, 15) is 19.3 Å². The summed E-state index contributed by atoms with van der Waals surface area (Å²) in [6, 6.07) is 1.37. The van der Waals surface area contributed by atoms with Gasteiger partial charge in [-0.2, -0.15) is 4.39 Å². The van der Waals surface area contributed by atoms with E-state index in [-0.39, 0.29) is 0 Å². The van der Waals surface area contributed by atoms with E-state index in [0.717, 1.165) is 6.07 Å². The second-order valence-corrected chi connectivity index (χ2v) is 2.90. The smallest absolute Gasteiger partial charge is 0.315 e. The van der Waals surface area contributed by atoms with E-state index < -0.39 is 39.4 Å². The van der Waals surface area contributed by atoms with E-state index in [1.807, 2.05) is 0 Å². The van der Waals surface area contributed by atoms with E-state index in [1.54, 1.807) is 0 Å². The highest BCUT2D eigenvalue weighted by Gasteiger charge is 2.25. The Kier molecular flexibility index (Phi) is 3.21. The molecule has 7 heteroatoms. The predicted octanol–water partition coefficient (Wildman–Crippen LogP) is 1.86. The third-order valence-corrected chi connectivity index (χ3v) is 1.90. The van der Waals surface area contributed by atoms with Crippen LogP contribution in [0.5, 0.6) is 5.75 Å². The number of carbonyl (C=O) groups excluding carboxylic acids is 1. The molecule has 0 aromatic heterocycles. The van der Waals surface area contributed by atoms with Crippen LogP contribution in [-0.4, -0.2) is 21.7 Å². The quantitative estimate of drug-likeness (QED) is 0.374. The third-order valence-electron chi connectivity index (χ3n) is 1.65. The maximum atomic E-state index is 13.1. The molecule has 0 amide bonds. The van der Waals surface area contributed by atoms with Gasteiger partial charge in [-0.25, -0.2) is 0 Å². The Balaban J connectivity index is 3.46. The standard InChI is InChI=1S/C8H5ClFNO4/c9-3-7(13)5-1-4(12)2-6(10)8(5)11(14)15/h1-2,12H,3H2. The average Bonchev–Trinajstić information content (AvgIpc) is 2.14. The van der Waals surface area contributed by atoms with Gasteiger partial charge in [-0.3, -0.25) is 14.9 Å². The number of nitro benzene ring substituents is 1. The maximum absolute atomic E-state index is 13.1. The summed E-state index contributed by atoms with van der Waals surface area (Å²) < 4.78 is 13.1. The number of ketones is 1. The monoisotopic (exact) mass is 233 g/mol. The molecule has 80 valence electrons. The van der Waals surface area contributed by atoms with Crippen LogP contribution in [0.1, 0.15) is 10.4 Å². The number of Topliss-reactive ketones (excluding diaryl/α,β-unsaturated/α-hetero) is 1. The molecule has 1 aromatic carbocycles. The van der Waals surface area contributed by atoms with E-state index in [2.05, 4.69) is 0 Å². The van der Waals surface area contributed by atoms with Crippen molar-refractivity contribution in [3.63, 3.8) is 0 Å². The lowest BCUT2D eigenvalue weighted by molar-refractivity contribution is -0.387. The van der Waals surface area contributed by atoms with E-state index in [1.165, 1.54) is 0 Å². The van der Waals surface area contributed by atoms with Crippen LogP contribution in [-0.2, 0) is 0 Å². The molecule has 0 aliphatic rings. The second-order valence-electron chi connectivity index (χ2n) is 2.64. The van der Waals surface area contributed by atoms with Crippen LogP contribution in [0.4, 0.5) is 10.1 Å². The minimum absolute atomic E-state index is 0.524. The van der Waals surface area contributed by atoms with Crippen molar-refractivity contribution >= 4 is 23.1 Å². The van der Waals surface area contributed by atoms with Gasteiger partial charge < -0.3 is 5.11 Å². The Bertz CT molecular complexity index is 435. The normalized spacial score (nSPS) is 10.0. The van der Waals surface area contributed by atoms with Crippen molar-refractivity contribution in [2.24, 2.45) is 0 Å².